The van der Waals surface area contributed by atoms with Crippen LogP contribution in [0.4, 0.5) is 5.69 Å². The third-order valence-corrected chi connectivity index (χ3v) is 4.82. The summed E-state index contributed by atoms with van der Waals surface area (Å²) in [6.45, 7) is 4.96. The van der Waals surface area contributed by atoms with Crippen molar-refractivity contribution in [3.8, 4) is 0 Å². The first-order valence-corrected chi connectivity index (χ1v) is 8.39. The smallest absolute Gasteiger partial charge is 0.317 e. The molecule has 1 saturated heterocycles. The molecule has 7 nitrogen and oxygen atoms in total. The zero-order chi connectivity index (χ0) is 17.7. The molecule has 0 aliphatic carbocycles. The molecule has 0 amide bonds. The van der Waals surface area contributed by atoms with Crippen LogP contribution in [-0.2, 0) is 11.3 Å². The first-order chi connectivity index (χ1) is 11.4. The highest BCUT2D eigenvalue weighted by atomic mass is 35.5. The number of rotatable bonds is 7. The van der Waals surface area contributed by atoms with E-state index in [-0.39, 0.29) is 30.7 Å². The van der Waals surface area contributed by atoms with Gasteiger partial charge in [0.05, 0.1) is 11.5 Å². The molecule has 1 aromatic carbocycles. The van der Waals surface area contributed by atoms with Crippen molar-refractivity contribution < 1.29 is 14.8 Å². The summed E-state index contributed by atoms with van der Waals surface area (Å²) in [4.78, 5) is 25.6. The number of piperidine rings is 1. The Hall–Kier alpha value is -1.41. The molecule has 1 fully saturated rings. The summed E-state index contributed by atoms with van der Waals surface area (Å²) >= 11 is 6.16. The number of nitro benzene ring substituents is 1. The van der Waals surface area contributed by atoms with E-state index in [0.717, 1.165) is 31.5 Å². The molecule has 0 bridgehead atoms. The molecule has 0 saturated carbocycles. The van der Waals surface area contributed by atoms with Crippen molar-refractivity contribution >= 4 is 35.7 Å². The van der Waals surface area contributed by atoms with E-state index in [9.17, 15) is 14.9 Å². The minimum absolute atomic E-state index is 0. The van der Waals surface area contributed by atoms with E-state index in [0.29, 0.717) is 18.1 Å². The number of likely N-dealkylation sites (tertiary alicyclic amines) is 1. The van der Waals surface area contributed by atoms with Crippen LogP contribution in [0.25, 0.3) is 0 Å². The summed E-state index contributed by atoms with van der Waals surface area (Å²) in [5.74, 6) is -0.803. The Labute approximate surface area is 158 Å². The highest BCUT2D eigenvalue weighted by molar-refractivity contribution is 6.31. The molecule has 1 aliphatic rings. The number of hydrogen-bond donors (Lipinski definition) is 1. The van der Waals surface area contributed by atoms with E-state index >= 15 is 0 Å². The summed E-state index contributed by atoms with van der Waals surface area (Å²) in [5, 5.41) is 20.4. The molecule has 25 heavy (non-hydrogen) atoms. The van der Waals surface area contributed by atoms with Gasteiger partial charge in [-0.25, -0.2) is 0 Å². The van der Waals surface area contributed by atoms with Crippen molar-refractivity contribution in [1.29, 1.82) is 0 Å². The maximum Gasteiger partial charge on any atom is 0.317 e. The summed E-state index contributed by atoms with van der Waals surface area (Å²) in [6.07, 6.45) is 1.77. The zero-order valence-corrected chi connectivity index (χ0v) is 15.6. The lowest BCUT2D eigenvalue weighted by Gasteiger charge is -2.37. The second-order valence-corrected chi connectivity index (χ2v) is 6.40. The molecule has 1 aromatic rings. The average molecular weight is 392 g/mol. The standard InChI is InChI=1S/C16H22ClN3O4.ClH/c1-2-19(11-16(21)22)13-5-7-18(8-6-13)10-12-9-14(20(23)24)3-4-15(12)17;/h3-4,9,13H,2,5-8,10-11H2,1H3,(H,21,22);1H. The van der Waals surface area contributed by atoms with E-state index in [1.807, 2.05) is 11.8 Å². The monoisotopic (exact) mass is 391 g/mol. The number of hydrogen-bond acceptors (Lipinski definition) is 5. The molecular formula is C16H23Cl2N3O4. The summed E-state index contributed by atoms with van der Waals surface area (Å²) in [7, 11) is 0. The molecule has 0 radical (unpaired) electrons. The molecule has 140 valence electrons. The van der Waals surface area contributed by atoms with Crippen LogP contribution in [0.2, 0.25) is 5.02 Å². The summed E-state index contributed by atoms with van der Waals surface area (Å²) in [6, 6.07) is 4.76. The van der Waals surface area contributed by atoms with Crippen LogP contribution in [0.3, 0.4) is 0 Å². The molecule has 0 unspecified atom stereocenters. The zero-order valence-electron chi connectivity index (χ0n) is 14.1. The van der Waals surface area contributed by atoms with Crippen LogP contribution in [0, 0.1) is 10.1 Å². The van der Waals surface area contributed by atoms with Crippen LogP contribution in [-0.4, -0.2) is 58.0 Å². The second-order valence-electron chi connectivity index (χ2n) is 6.00. The molecule has 0 aromatic heterocycles. The number of likely N-dealkylation sites (N-methyl/N-ethyl adjacent to an activating group) is 1. The number of carbonyl (C=O) groups is 1. The van der Waals surface area contributed by atoms with Crippen LogP contribution < -0.4 is 0 Å². The van der Waals surface area contributed by atoms with Gasteiger partial charge in [-0.2, -0.15) is 0 Å². The lowest BCUT2D eigenvalue weighted by Crippen LogP contribution is -2.46. The number of halogens is 2. The molecule has 0 spiro atoms. The quantitative estimate of drug-likeness (QED) is 0.567. The predicted octanol–water partition coefficient (Wildman–Crippen LogP) is 3.04. The number of nitrogens with zero attached hydrogens (tertiary/aromatic N) is 3. The Balaban J connectivity index is 0.00000312. The van der Waals surface area contributed by atoms with Gasteiger partial charge < -0.3 is 5.11 Å². The number of carboxylic acids is 1. The first-order valence-electron chi connectivity index (χ1n) is 8.01. The van der Waals surface area contributed by atoms with Gasteiger partial charge in [0.25, 0.3) is 5.69 Å². The molecule has 1 heterocycles. The number of aliphatic carboxylic acids is 1. The fraction of sp³-hybridized carbons (Fsp3) is 0.562. The van der Waals surface area contributed by atoms with Crippen molar-refractivity contribution in [1.82, 2.24) is 9.80 Å². The largest absolute Gasteiger partial charge is 0.480 e. The summed E-state index contributed by atoms with van der Waals surface area (Å²) in [5.41, 5.74) is 0.796. The van der Waals surface area contributed by atoms with Gasteiger partial charge in [-0.3, -0.25) is 24.7 Å². The van der Waals surface area contributed by atoms with Gasteiger partial charge in [0.2, 0.25) is 0 Å². The lowest BCUT2D eigenvalue weighted by atomic mass is 10.0. The molecule has 9 heteroatoms. The Morgan fingerprint density at radius 1 is 1.44 bits per heavy atom. The van der Waals surface area contributed by atoms with Gasteiger partial charge in [-0.05, 0) is 44.1 Å². The maximum absolute atomic E-state index is 10.9. The highest BCUT2D eigenvalue weighted by Crippen LogP contribution is 2.25. The Bertz CT molecular complexity index is 607. The van der Waals surface area contributed by atoms with Gasteiger partial charge >= 0.3 is 5.97 Å². The summed E-state index contributed by atoms with van der Waals surface area (Å²) < 4.78 is 0. The van der Waals surface area contributed by atoms with E-state index in [1.54, 1.807) is 6.07 Å². The average Bonchev–Trinajstić information content (AvgIpc) is 2.55. The second kappa shape index (κ2) is 9.91. The SMILES string of the molecule is CCN(CC(=O)O)C1CCN(Cc2cc([N+](=O)[O-])ccc2Cl)CC1.Cl. The van der Waals surface area contributed by atoms with Crippen LogP contribution in [0.15, 0.2) is 18.2 Å². The van der Waals surface area contributed by atoms with E-state index in [1.165, 1.54) is 12.1 Å². The number of non-ortho nitro benzene ring substituents is 1. The number of benzene rings is 1. The predicted molar refractivity (Wildman–Crippen MR) is 98.5 cm³/mol. The molecule has 2 rings (SSSR count). The Kier molecular flexibility index (Phi) is 8.58. The van der Waals surface area contributed by atoms with E-state index < -0.39 is 10.9 Å². The van der Waals surface area contributed by atoms with Crippen molar-refractivity contribution in [2.24, 2.45) is 0 Å². The van der Waals surface area contributed by atoms with Crippen LogP contribution >= 0.6 is 24.0 Å². The van der Waals surface area contributed by atoms with Crippen molar-refractivity contribution in [2.45, 2.75) is 32.4 Å². The third-order valence-electron chi connectivity index (χ3n) is 4.45. The first kappa shape index (κ1) is 21.6. The Morgan fingerprint density at radius 2 is 2.08 bits per heavy atom. The maximum atomic E-state index is 10.9. The number of nitro groups is 1. The van der Waals surface area contributed by atoms with Crippen molar-refractivity contribution in [2.75, 3.05) is 26.2 Å². The highest BCUT2D eigenvalue weighted by Gasteiger charge is 2.25. The topological polar surface area (TPSA) is 86.9 Å². The number of carboxylic acid groups (broad SMARTS) is 1. The minimum Gasteiger partial charge on any atom is -0.480 e. The Morgan fingerprint density at radius 3 is 2.60 bits per heavy atom. The molecule has 0 atom stereocenters. The van der Waals surface area contributed by atoms with Crippen LogP contribution in [0.1, 0.15) is 25.3 Å². The molecule has 1 N–H and O–H groups in total. The molecule has 1 aliphatic heterocycles. The van der Waals surface area contributed by atoms with Crippen molar-refractivity contribution in [3.63, 3.8) is 0 Å². The van der Waals surface area contributed by atoms with Gasteiger partial charge in [-0.15, -0.1) is 12.4 Å². The normalized spacial score (nSPS) is 15.8. The fourth-order valence-electron chi connectivity index (χ4n) is 3.15. The van der Waals surface area contributed by atoms with Gasteiger partial charge in [0.1, 0.15) is 0 Å². The fourth-order valence-corrected chi connectivity index (χ4v) is 3.33. The molecular weight excluding hydrogens is 369 g/mol. The van der Waals surface area contributed by atoms with Gasteiger partial charge in [-0.1, -0.05) is 18.5 Å². The van der Waals surface area contributed by atoms with Gasteiger partial charge in [0, 0.05) is 29.7 Å². The van der Waals surface area contributed by atoms with Gasteiger partial charge in [0.15, 0.2) is 0 Å². The van der Waals surface area contributed by atoms with E-state index in [4.69, 9.17) is 16.7 Å². The van der Waals surface area contributed by atoms with E-state index in [2.05, 4.69) is 4.90 Å². The van der Waals surface area contributed by atoms with Crippen molar-refractivity contribution in [3.05, 3.63) is 38.9 Å². The lowest BCUT2D eigenvalue weighted by molar-refractivity contribution is -0.384. The minimum atomic E-state index is -0.803. The van der Waals surface area contributed by atoms with Crippen LogP contribution in [0.5, 0.6) is 0 Å². The third kappa shape index (κ3) is 6.11.